The van der Waals surface area contributed by atoms with Crippen molar-refractivity contribution < 1.29 is 4.21 Å². The molecule has 2 heteroatoms. The van der Waals surface area contributed by atoms with Crippen LogP contribution in [0.4, 0.5) is 0 Å². The molecule has 1 aliphatic carbocycles. The van der Waals surface area contributed by atoms with Crippen LogP contribution in [0.3, 0.4) is 0 Å². The number of rotatable bonds is 1. The zero-order valence-electron chi connectivity index (χ0n) is 8.76. The van der Waals surface area contributed by atoms with Crippen molar-refractivity contribution in [1.82, 2.24) is 0 Å². The Labute approximate surface area is 84.8 Å². The SMILES string of the molecule is CS(=O)C1CCCCCCCCC1. The molecule has 0 N–H and O–H groups in total. The van der Waals surface area contributed by atoms with Gasteiger partial charge in [0.1, 0.15) is 0 Å². The molecule has 1 saturated carbocycles. The summed E-state index contributed by atoms with van der Waals surface area (Å²) in [5, 5.41) is 0.498. The van der Waals surface area contributed by atoms with Crippen molar-refractivity contribution in [2.45, 2.75) is 63.0 Å². The second kappa shape index (κ2) is 6.58. The molecular weight excluding hydrogens is 180 g/mol. The summed E-state index contributed by atoms with van der Waals surface area (Å²) in [6.07, 6.45) is 13.8. The number of hydrogen-bond donors (Lipinski definition) is 0. The molecule has 13 heavy (non-hydrogen) atoms. The van der Waals surface area contributed by atoms with Crippen molar-refractivity contribution in [3.05, 3.63) is 0 Å². The van der Waals surface area contributed by atoms with Gasteiger partial charge in [0.2, 0.25) is 0 Å². The molecule has 0 amide bonds. The third kappa shape index (κ3) is 4.80. The van der Waals surface area contributed by atoms with E-state index < -0.39 is 10.8 Å². The molecule has 0 bridgehead atoms. The summed E-state index contributed by atoms with van der Waals surface area (Å²) in [6.45, 7) is 0. The molecule has 0 aliphatic heterocycles. The second-order valence-electron chi connectivity index (χ2n) is 4.17. The zero-order chi connectivity index (χ0) is 9.52. The zero-order valence-corrected chi connectivity index (χ0v) is 9.57. The molecule has 1 fully saturated rings. The van der Waals surface area contributed by atoms with Crippen molar-refractivity contribution in [3.63, 3.8) is 0 Å². The Morgan fingerprint density at radius 3 is 1.62 bits per heavy atom. The van der Waals surface area contributed by atoms with Gasteiger partial charge in [-0.3, -0.25) is 4.21 Å². The highest BCUT2D eigenvalue weighted by Crippen LogP contribution is 2.19. The van der Waals surface area contributed by atoms with Crippen LogP contribution in [-0.4, -0.2) is 15.7 Å². The lowest BCUT2D eigenvalue weighted by molar-refractivity contribution is 0.505. The molecule has 0 aromatic rings. The summed E-state index contributed by atoms with van der Waals surface area (Å²) in [6, 6.07) is 0. The summed E-state index contributed by atoms with van der Waals surface area (Å²) < 4.78 is 11.4. The van der Waals surface area contributed by atoms with Gasteiger partial charge in [-0.1, -0.05) is 44.9 Å². The molecule has 1 rings (SSSR count). The molecule has 1 atom stereocenters. The van der Waals surface area contributed by atoms with Crippen LogP contribution in [0.2, 0.25) is 0 Å². The Morgan fingerprint density at radius 1 is 0.846 bits per heavy atom. The summed E-state index contributed by atoms with van der Waals surface area (Å²) >= 11 is 0. The summed E-state index contributed by atoms with van der Waals surface area (Å²) in [4.78, 5) is 0. The first kappa shape index (κ1) is 11.2. The van der Waals surface area contributed by atoms with E-state index in [2.05, 4.69) is 0 Å². The van der Waals surface area contributed by atoms with Crippen LogP contribution < -0.4 is 0 Å². The molecule has 0 spiro atoms. The van der Waals surface area contributed by atoms with Crippen LogP contribution in [0.5, 0.6) is 0 Å². The molecular formula is C11H22OS. The fraction of sp³-hybridized carbons (Fsp3) is 1.00. The van der Waals surface area contributed by atoms with Crippen molar-refractivity contribution in [2.75, 3.05) is 6.26 Å². The fourth-order valence-corrected chi connectivity index (χ4v) is 3.10. The van der Waals surface area contributed by atoms with Gasteiger partial charge in [-0.05, 0) is 12.8 Å². The van der Waals surface area contributed by atoms with Crippen LogP contribution in [-0.2, 0) is 10.8 Å². The Hall–Kier alpha value is 0.150. The van der Waals surface area contributed by atoms with E-state index in [0.29, 0.717) is 5.25 Å². The van der Waals surface area contributed by atoms with Crippen LogP contribution >= 0.6 is 0 Å². The Bertz CT molecular complexity index is 146. The van der Waals surface area contributed by atoms with Gasteiger partial charge in [-0.15, -0.1) is 0 Å². The van der Waals surface area contributed by atoms with E-state index in [1.807, 2.05) is 6.26 Å². The maximum Gasteiger partial charge on any atom is 0.0345 e. The summed E-state index contributed by atoms with van der Waals surface area (Å²) in [5.74, 6) is 0. The van der Waals surface area contributed by atoms with E-state index in [1.165, 1.54) is 57.8 Å². The predicted molar refractivity (Wildman–Crippen MR) is 59.4 cm³/mol. The average molecular weight is 202 g/mol. The summed E-state index contributed by atoms with van der Waals surface area (Å²) in [7, 11) is -0.584. The van der Waals surface area contributed by atoms with E-state index >= 15 is 0 Å². The minimum atomic E-state index is -0.584. The van der Waals surface area contributed by atoms with Crippen molar-refractivity contribution >= 4 is 10.8 Å². The van der Waals surface area contributed by atoms with Gasteiger partial charge in [-0.25, -0.2) is 0 Å². The molecule has 0 heterocycles. The quantitative estimate of drug-likeness (QED) is 0.638. The topological polar surface area (TPSA) is 17.1 Å². The standard InChI is InChI=1S/C11H22OS/c1-13(12)11-9-7-5-3-2-4-6-8-10-11/h11H,2-10H2,1H3. The normalized spacial score (nSPS) is 25.3. The third-order valence-electron chi connectivity index (χ3n) is 3.02. The predicted octanol–water partition coefficient (Wildman–Crippen LogP) is 3.26. The van der Waals surface area contributed by atoms with Gasteiger partial charge in [0.25, 0.3) is 0 Å². The molecule has 78 valence electrons. The molecule has 0 radical (unpaired) electrons. The van der Waals surface area contributed by atoms with Gasteiger partial charge >= 0.3 is 0 Å². The molecule has 1 aliphatic rings. The number of hydrogen-bond acceptors (Lipinski definition) is 1. The second-order valence-corrected chi connectivity index (χ2v) is 5.84. The van der Waals surface area contributed by atoms with E-state index in [1.54, 1.807) is 0 Å². The highest BCUT2D eigenvalue weighted by molar-refractivity contribution is 7.84. The van der Waals surface area contributed by atoms with Gasteiger partial charge < -0.3 is 0 Å². The fourth-order valence-electron chi connectivity index (χ4n) is 2.10. The van der Waals surface area contributed by atoms with Gasteiger partial charge in [0.05, 0.1) is 0 Å². The van der Waals surface area contributed by atoms with E-state index in [4.69, 9.17) is 0 Å². The van der Waals surface area contributed by atoms with Gasteiger partial charge in [-0.2, -0.15) is 0 Å². The molecule has 1 nitrogen and oxygen atoms in total. The third-order valence-corrected chi connectivity index (χ3v) is 4.43. The average Bonchev–Trinajstić information content (AvgIpc) is 2.14. The maximum atomic E-state index is 11.4. The maximum absolute atomic E-state index is 11.4. The highest BCUT2D eigenvalue weighted by Gasteiger charge is 2.12. The molecule has 1 unspecified atom stereocenters. The van der Waals surface area contributed by atoms with Crippen LogP contribution in [0.1, 0.15) is 57.8 Å². The Balaban J connectivity index is 2.30. The lowest BCUT2D eigenvalue weighted by atomic mass is 10.0. The van der Waals surface area contributed by atoms with Crippen LogP contribution in [0.15, 0.2) is 0 Å². The van der Waals surface area contributed by atoms with Gasteiger partial charge in [0, 0.05) is 22.3 Å². The first-order chi connectivity index (χ1) is 6.30. The molecule has 0 aromatic carbocycles. The first-order valence-electron chi connectivity index (χ1n) is 5.63. The lowest BCUT2D eigenvalue weighted by Crippen LogP contribution is -2.14. The molecule has 0 aromatic heterocycles. The summed E-state index contributed by atoms with van der Waals surface area (Å²) in [5.41, 5.74) is 0. The van der Waals surface area contributed by atoms with Crippen molar-refractivity contribution in [1.29, 1.82) is 0 Å². The Morgan fingerprint density at radius 2 is 1.23 bits per heavy atom. The van der Waals surface area contributed by atoms with E-state index in [-0.39, 0.29) is 0 Å². The van der Waals surface area contributed by atoms with Crippen LogP contribution in [0.25, 0.3) is 0 Å². The monoisotopic (exact) mass is 202 g/mol. The van der Waals surface area contributed by atoms with Crippen LogP contribution in [0, 0.1) is 0 Å². The van der Waals surface area contributed by atoms with Crippen molar-refractivity contribution in [3.8, 4) is 0 Å². The minimum absolute atomic E-state index is 0.498. The highest BCUT2D eigenvalue weighted by atomic mass is 32.2. The Kier molecular flexibility index (Phi) is 5.68. The first-order valence-corrected chi connectivity index (χ1v) is 7.25. The largest absolute Gasteiger partial charge is 0.260 e. The molecule has 0 saturated heterocycles. The van der Waals surface area contributed by atoms with Gasteiger partial charge in [0.15, 0.2) is 0 Å². The van der Waals surface area contributed by atoms with E-state index in [0.717, 1.165) is 0 Å². The van der Waals surface area contributed by atoms with E-state index in [9.17, 15) is 4.21 Å². The van der Waals surface area contributed by atoms with Crippen molar-refractivity contribution in [2.24, 2.45) is 0 Å². The minimum Gasteiger partial charge on any atom is -0.260 e. The smallest absolute Gasteiger partial charge is 0.0345 e. The lowest BCUT2D eigenvalue weighted by Gasteiger charge is -2.15.